The van der Waals surface area contributed by atoms with E-state index in [1.165, 1.54) is 0 Å². The summed E-state index contributed by atoms with van der Waals surface area (Å²) in [5, 5.41) is 22.8. The van der Waals surface area contributed by atoms with Gasteiger partial charge in [0.2, 0.25) is 5.91 Å². The van der Waals surface area contributed by atoms with E-state index >= 15 is 0 Å². The Morgan fingerprint density at radius 2 is 1.93 bits per heavy atom. The van der Waals surface area contributed by atoms with Gasteiger partial charge in [0.15, 0.2) is 0 Å². The van der Waals surface area contributed by atoms with Crippen LogP contribution in [0.1, 0.15) is 43.1 Å². The van der Waals surface area contributed by atoms with E-state index in [-0.39, 0.29) is 24.1 Å². The number of phenolic OH excluding ortho intramolecular Hbond substituents is 1. The van der Waals surface area contributed by atoms with E-state index in [9.17, 15) is 15.0 Å². The zero-order valence-corrected chi connectivity index (χ0v) is 15.0. The minimum atomic E-state index is -0.860. The third kappa shape index (κ3) is 3.95. The second-order valence-electron chi connectivity index (χ2n) is 7.38. The predicted molar refractivity (Wildman–Crippen MR) is 102 cm³/mol. The summed E-state index contributed by atoms with van der Waals surface area (Å²) in [7, 11) is 0. The summed E-state index contributed by atoms with van der Waals surface area (Å²) in [5.41, 5.74) is 1.87. The number of carbonyl (C=O) groups excluding carboxylic acids is 1. The number of para-hydroxylation sites is 2. The van der Waals surface area contributed by atoms with Gasteiger partial charge in [-0.1, -0.05) is 24.3 Å². The number of imidazole rings is 1. The molecule has 1 unspecified atom stereocenters. The average molecular weight is 365 g/mol. The van der Waals surface area contributed by atoms with Gasteiger partial charge in [-0.15, -0.1) is 0 Å². The van der Waals surface area contributed by atoms with Crippen LogP contribution in [-0.2, 0) is 11.2 Å². The van der Waals surface area contributed by atoms with Crippen LogP contribution in [0.15, 0.2) is 48.5 Å². The van der Waals surface area contributed by atoms with Crippen molar-refractivity contribution in [2.24, 2.45) is 0 Å². The number of aromatic hydroxyl groups is 1. The van der Waals surface area contributed by atoms with Gasteiger partial charge < -0.3 is 20.5 Å². The van der Waals surface area contributed by atoms with Gasteiger partial charge in [0.05, 0.1) is 29.1 Å². The highest BCUT2D eigenvalue weighted by atomic mass is 16.3. The van der Waals surface area contributed by atoms with Crippen LogP contribution in [0.2, 0.25) is 0 Å². The topological polar surface area (TPSA) is 98.2 Å². The number of carbonyl (C=O) groups is 1. The highest BCUT2D eigenvalue weighted by Crippen LogP contribution is 2.34. The molecule has 0 spiro atoms. The van der Waals surface area contributed by atoms with Gasteiger partial charge in [-0.25, -0.2) is 4.98 Å². The monoisotopic (exact) mass is 365 g/mol. The second-order valence-corrected chi connectivity index (χ2v) is 7.38. The molecule has 6 heteroatoms. The minimum Gasteiger partial charge on any atom is -0.508 e. The smallest absolute Gasteiger partial charge is 0.223 e. The Morgan fingerprint density at radius 3 is 2.59 bits per heavy atom. The number of nitrogens with zero attached hydrogens (tertiary/aromatic N) is 1. The number of H-pyrrole nitrogens is 1. The molecular weight excluding hydrogens is 342 g/mol. The zero-order chi connectivity index (χ0) is 18.9. The SMILES string of the molecule is O=C(CC1(O)CCC1)NC(Cc1ccc(O)cc1)c1nc2ccccc2[nH]1. The number of aromatic nitrogens is 2. The number of rotatable bonds is 6. The lowest BCUT2D eigenvalue weighted by Crippen LogP contribution is -2.43. The number of benzene rings is 2. The molecule has 1 fully saturated rings. The molecule has 1 aromatic heterocycles. The van der Waals surface area contributed by atoms with Crippen LogP contribution in [0, 0.1) is 0 Å². The van der Waals surface area contributed by atoms with Crippen molar-refractivity contribution in [2.75, 3.05) is 0 Å². The number of phenols is 1. The lowest BCUT2D eigenvalue weighted by atomic mass is 9.77. The fourth-order valence-electron chi connectivity index (χ4n) is 3.53. The summed E-state index contributed by atoms with van der Waals surface area (Å²) in [5.74, 6) is 0.704. The number of hydrogen-bond acceptors (Lipinski definition) is 4. The van der Waals surface area contributed by atoms with Gasteiger partial charge in [-0.05, 0) is 55.5 Å². The van der Waals surface area contributed by atoms with Crippen LogP contribution in [-0.4, -0.2) is 31.7 Å². The number of nitrogens with one attached hydrogen (secondary N) is 2. The number of fused-ring (bicyclic) bond motifs is 1. The highest BCUT2D eigenvalue weighted by Gasteiger charge is 2.37. The fraction of sp³-hybridized carbons (Fsp3) is 0.333. The van der Waals surface area contributed by atoms with Crippen LogP contribution in [0.25, 0.3) is 11.0 Å². The number of aliphatic hydroxyl groups is 1. The lowest BCUT2D eigenvalue weighted by Gasteiger charge is -2.36. The van der Waals surface area contributed by atoms with Crippen molar-refractivity contribution in [1.29, 1.82) is 0 Å². The number of aromatic amines is 1. The average Bonchev–Trinajstić information content (AvgIpc) is 3.06. The Balaban J connectivity index is 1.57. The van der Waals surface area contributed by atoms with E-state index in [1.807, 2.05) is 36.4 Å². The molecule has 0 aliphatic heterocycles. The van der Waals surface area contributed by atoms with Gasteiger partial charge in [0.25, 0.3) is 0 Å². The standard InChI is InChI=1S/C21H23N3O3/c25-15-8-6-14(7-9-15)12-18(22-19(26)13-21(27)10-3-11-21)20-23-16-4-1-2-5-17(16)24-20/h1-2,4-9,18,25,27H,3,10-13H2,(H,22,26)(H,23,24). The van der Waals surface area contributed by atoms with Crippen molar-refractivity contribution in [3.8, 4) is 5.75 Å². The third-order valence-electron chi connectivity index (χ3n) is 5.22. The van der Waals surface area contributed by atoms with Crippen molar-refractivity contribution < 1.29 is 15.0 Å². The molecule has 6 nitrogen and oxygen atoms in total. The van der Waals surface area contributed by atoms with Gasteiger partial charge in [0, 0.05) is 0 Å². The maximum atomic E-state index is 12.5. The quantitative estimate of drug-likeness (QED) is 0.540. The molecule has 1 aliphatic carbocycles. The molecule has 2 aromatic carbocycles. The van der Waals surface area contributed by atoms with Crippen molar-refractivity contribution >= 4 is 16.9 Å². The Hall–Kier alpha value is -2.86. The first kappa shape index (κ1) is 17.5. The summed E-state index contributed by atoms with van der Waals surface area (Å²) in [6.07, 6.45) is 2.95. The maximum absolute atomic E-state index is 12.5. The third-order valence-corrected chi connectivity index (χ3v) is 5.22. The zero-order valence-electron chi connectivity index (χ0n) is 15.0. The van der Waals surface area contributed by atoms with Gasteiger partial charge in [0.1, 0.15) is 11.6 Å². The summed E-state index contributed by atoms with van der Waals surface area (Å²) < 4.78 is 0. The van der Waals surface area contributed by atoms with E-state index in [4.69, 9.17) is 0 Å². The van der Waals surface area contributed by atoms with E-state index < -0.39 is 5.60 Å². The fourth-order valence-corrected chi connectivity index (χ4v) is 3.53. The van der Waals surface area contributed by atoms with Gasteiger partial charge >= 0.3 is 0 Å². The van der Waals surface area contributed by atoms with Crippen molar-refractivity contribution in [3.05, 3.63) is 59.9 Å². The molecule has 1 saturated carbocycles. The molecule has 1 amide bonds. The Bertz CT molecular complexity index is 912. The molecule has 1 heterocycles. The largest absolute Gasteiger partial charge is 0.508 e. The number of amides is 1. The predicted octanol–water partition coefficient (Wildman–Crippen LogP) is 2.97. The van der Waals surface area contributed by atoms with Gasteiger partial charge in [-0.3, -0.25) is 4.79 Å². The molecule has 4 N–H and O–H groups in total. The van der Waals surface area contributed by atoms with Crippen LogP contribution in [0.4, 0.5) is 0 Å². The molecule has 0 bridgehead atoms. The van der Waals surface area contributed by atoms with Crippen LogP contribution < -0.4 is 5.32 Å². The van der Waals surface area contributed by atoms with Crippen molar-refractivity contribution in [2.45, 2.75) is 43.7 Å². The molecule has 0 radical (unpaired) electrons. The summed E-state index contributed by atoms with van der Waals surface area (Å²) in [6, 6.07) is 14.3. The van der Waals surface area contributed by atoms with Crippen LogP contribution in [0.5, 0.6) is 5.75 Å². The normalized spacial score (nSPS) is 16.6. The lowest BCUT2D eigenvalue weighted by molar-refractivity contribution is -0.130. The molecular formula is C21H23N3O3. The minimum absolute atomic E-state index is 0.110. The molecule has 3 aromatic rings. The first-order valence-corrected chi connectivity index (χ1v) is 9.25. The molecule has 0 saturated heterocycles. The van der Waals surface area contributed by atoms with Crippen LogP contribution >= 0.6 is 0 Å². The van der Waals surface area contributed by atoms with Crippen molar-refractivity contribution in [3.63, 3.8) is 0 Å². The Labute approximate surface area is 157 Å². The van der Waals surface area contributed by atoms with Crippen molar-refractivity contribution in [1.82, 2.24) is 15.3 Å². The second kappa shape index (κ2) is 7.04. The maximum Gasteiger partial charge on any atom is 0.223 e. The first-order valence-electron chi connectivity index (χ1n) is 9.25. The Kier molecular flexibility index (Phi) is 4.58. The summed E-state index contributed by atoms with van der Waals surface area (Å²) in [4.78, 5) is 20.5. The molecule has 1 aliphatic rings. The molecule has 4 rings (SSSR count). The molecule has 1 atom stereocenters. The van der Waals surface area contributed by atoms with E-state index in [0.29, 0.717) is 25.1 Å². The molecule has 140 valence electrons. The first-order chi connectivity index (χ1) is 13.0. The van der Waals surface area contributed by atoms with E-state index in [2.05, 4.69) is 15.3 Å². The number of hydrogen-bond donors (Lipinski definition) is 4. The summed E-state index contributed by atoms with van der Waals surface area (Å²) in [6.45, 7) is 0. The van der Waals surface area contributed by atoms with Crippen LogP contribution in [0.3, 0.4) is 0 Å². The van der Waals surface area contributed by atoms with E-state index in [1.54, 1.807) is 12.1 Å². The van der Waals surface area contributed by atoms with E-state index in [0.717, 1.165) is 23.0 Å². The Morgan fingerprint density at radius 1 is 1.19 bits per heavy atom. The highest BCUT2D eigenvalue weighted by molar-refractivity contribution is 5.78. The summed E-state index contributed by atoms with van der Waals surface area (Å²) >= 11 is 0. The molecule has 27 heavy (non-hydrogen) atoms. The van der Waals surface area contributed by atoms with Gasteiger partial charge in [-0.2, -0.15) is 0 Å².